The third-order valence-corrected chi connectivity index (χ3v) is 6.72. The van der Waals surface area contributed by atoms with Crippen molar-refractivity contribution < 1.29 is 19.1 Å². The number of anilines is 2. The van der Waals surface area contributed by atoms with Gasteiger partial charge in [-0.3, -0.25) is 9.59 Å². The number of ether oxygens (including phenoxy) is 2. The van der Waals surface area contributed by atoms with Gasteiger partial charge in [-0.15, -0.1) is 0 Å². The molecule has 1 aliphatic rings. The summed E-state index contributed by atoms with van der Waals surface area (Å²) >= 11 is 6.58. The topological polar surface area (TPSA) is 71.1 Å². The van der Waals surface area contributed by atoms with E-state index in [0.717, 1.165) is 24.3 Å². The summed E-state index contributed by atoms with van der Waals surface area (Å²) in [6.45, 7) is 7.24. The van der Waals surface area contributed by atoms with Gasteiger partial charge >= 0.3 is 0 Å². The maximum absolute atomic E-state index is 12.9. The summed E-state index contributed by atoms with van der Waals surface area (Å²) in [6, 6.07) is 20.5. The molecule has 0 radical (unpaired) electrons. The van der Waals surface area contributed by atoms with Gasteiger partial charge in [-0.05, 0) is 73.0 Å². The van der Waals surface area contributed by atoms with E-state index in [-0.39, 0.29) is 18.4 Å². The molecule has 0 aliphatic carbocycles. The molecule has 1 heterocycles. The highest BCUT2D eigenvalue weighted by Crippen LogP contribution is 2.30. The summed E-state index contributed by atoms with van der Waals surface area (Å²) in [4.78, 5) is 29.3. The Kier molecular flexibility index (Phi) is 9.49. The van der Waals surface area contributed by atoms with Crippen LogP contribution in [0.25, 0.3) is 0 Å². The van der Waals surface area contributed by atoms with Crippen LogP contribution in [0.4, 0.5) is 11.4 Å². The van der Waals surface area contributed by atoms with Gasteiger partial charge in [-0.2, -0.15) is 0 Å². The second-order valence-corrected chi connectivity index (χ2v) is 9.56. The van der Waals surface area contributed by atoms with E-state index in [0.29, 0.717) is 54.8 Å². The van der Waals surface area contributed by atoms with Crippen LogP contribution in [-0.4, -0.2) is 56.1 Å². The van der Waals surface area contributed by atoms with E-state index >= 15 is 0 Å². The van der Waals surface area contributed by atoms with Crippen LogP contribution in [0.3, 0.4) is 0 Å². The average Bonchev–Trinajstić information content (AvgIpc) is 2.95. The number of nitrogens with zero attached hydrogens (tertiary/aromatic N) is 2. The number of aryl methyl sites for hydroxylation is 1. The Labute approximate surface area is 229 Å². The molecule has 1 N–H and O–H groups in total. The minimum atomic E-state index is -0.259. The lowest BCUT2D eigenvalue weighted by Crippen LogP contribution is -2.48. The summed E-state index contributed by atoms with van der Waals surface area (Å²) in [7, 11) is 0. The van der Waals surface area contributed by atoms with Gasteiger partial charge in [-0.1, -0.05) is 37.6 Å². The smallest absolute Gasteiger partial charge is 0.262 e. The molecular weight excluding hydrogens is 502 g/mol. The monoisotopic (exact) mass is 535 g/mol. The largest absolute Gasteiger partial charge is 0.494 e. The molecule has 0 bridgehead atoms. The lowest BCUT2D eigenvalue weighted by molar-refractivity contribution is -0.118. The SMILES string of the molecule is CCCOc1ccc(C(=O)N2CCN(c3ccc(NC(=O)COc4ccc(CC)cc4)cc3Cl)CC2)cc1. The van der Waals surface area contributed by atoms with Crippen molar-refractivity contribution in [1.29, 1.82) is 0 Å². The van der Waals surface area contributed by atoms with Crippen molar-refractivity contribution in [3.8, 4) is 11.5 Å². The van der Waals surface area contributed by atoms with Gasteiger partial charge in [0.05, 0.1) is 17.3 Å². The highest BCUT2D eigenvalue weighted by molar-refractivity contribution is 6.33. The number of carbonyl (C=O) groups excluding carboxylic acids is 2. The Balaban J connectivity index is 1.26. The van der Waals surface area contributed by atoms with E-state index in [9.17, 15) is 9.59 Å². The zero-order valence-electron chi connectivity index (χ0n) is 21.9. The zero-order chi connectivity index (χ0) is 26.9. The van der Waals surface area contributed by atoms with Crippen LogP contribution in [-0.2, 0) is 11.2 Å². The van der Waals surface area contributed by atoms with Crippen molar-refractivity contribution >= 4 is 34.8 Å². The van der Waals surface area contributed by atoms with Crippen molar-refractivity contribution in [3.63, 3.8) is 0 Å². The predicted molar refractivity (Wildman–Crippen MR) is 152 cm³/mol. The van der Waals surface area contributed by atoms with Crippen molar-refractivity contribution in [1.82, 2.24) is 4.90 Å². The zero-order valence-corrected chi connectivity index (χ0v) is 22.7. The van der Waals surface area contributed by atoms with Crippen LogP contribution in [0.2, 0.25) is 5.02 Å². The van der Waals surface area contributed by atoms with Crippen molar-refractivity contribution in [2.75, 3.05) is 49.6 Å². The Bertz CT molecular complexity index is 1220. The fourth-order valence-electron chi connectivity index (χ4n) is 4.26. The number of hydrogen-bond donors (Lipinski definition) is 1. The molecule has 1 fully saturated rings. The van der Waals surface area contributed by atoms with Crippen molar-refractivity contribution in [2.24, 2.45) is 0 Å². The molecule has 0 unspecified atom stereocenters. The fraction of sp³-hybridized carbons (Fsp3) is 0.333. The molecule has 7 nitrogen and oxygen atoms in total. The summed E-state index contributed by atoms with van der Waals surface area (Å²) in [6.07, 6.45) is 1.89. The van der Waals surface area contributed by atoms with E-state index in [4.69, 9.17) is 21.1 Å². The molecule has 200 valence electrons. The van der Waals surface area contributed by atoms with E-state index < -0.39 is 0 Å². The summed E-state index contributed by atoms with van der Waals surface area (Å²) in [5, 5.41) is 3.38. The van der Waals surface area contributed by atoms with Crippen LogP contribution in [0.1, 0.15) is 36.2 Å². The molecule has 2 amide bonds. The van der Waals surface area contributed by atoms with Gasteiger partial charge in [0.1, 0.15) is 11.5 Å². The third-order valence-electron chi connectivity index (χ3n) is 6.41. The minimum Gasteiger partial charge on any atom is -0.494 e. The number of piperazine rings is 1. The Hall–Kier alpha value is -3.71. The minimum absolute atomic E-state index is 0.0133. The van der Waals surface area contributed by atoms with E-state index in [1.165, 1.54) is 5.56 Å². The average molecular weight is 536 g/mol. The number of amides is 2. The molecule has 0 saturated carbocycles. The molecule has 38 heavy (non-hydrogen) atoms. The molecule has 0 spiro atoms. The number of nitrogens with one attached hydrogen (secondary N) is 1. The van der Waals surface area contributed by atoms with Crippen LogP contribution < -0.4 is 19.7 Å². The number of benzene rings is 3. The maximum atomic E-state index is 12.9. The van der Waals surface area contributed by atoms with E-state index in [1.54, 1.807) is 6.07 Å². The maximum Gasteiger partial charge on any atom is 0.262 e. The highest BCUT2D eigenvalue weighted by Gasteiger charge is 2.23. The fourth-order valence-corrected chi connectivity index (χ4v) is 4.56. The van der Waals surface area contributed by atoms with Gasteiger partial charge < -0.3 is 24.6 Å². The summed E-state index contributed by atoms with van der Waals surface area (Å²) in [5.41, 5.74) is 3.35. The molecule has 3 aromatic rings. The van der Waals surface area contributed by atoms with Crippen molar-refractivity contribution in [3.05, 3.63) is 82.9 Å². The van der Waals surface area contributed by atoms with Gasteiger partial charge in [0.2, 0.25) is 0 Å². The van der Waals surface area contributed by atoms with Gasteiger partial charge in [0.15, 0.2) is 6.61 Å². The van der Waals surface area contributed by atoms with Crippen LogP contribution in [0.15, 0.2) is 66.7 Å². The number of halogens is 1. The molecular formula is C30H34ClN3O4. The molecule has 1 aliphatic heterocycles. The first kappa shape index (κ1) is 27.3. The normalized spacial score (nSPS) is 13.2. The molecule has 3 aromatic carbocycles. The Morgan fingerprint density at radius 1 is 0.868 bits per heavy atom. The molecule has 0 atom stereocenters. The third kappa shape index (κ3) is 7.19. The number of hydrogen-bond acceptors (Lipinski definition) is 5. The first-order valence-corrected chi connectivity index (χ1v) is 13.4. The Morgan fingerprint density at radius 2 is 1.53 bits per heavy atom. The molecule has 0 aromatic heterocycles. The molecule has 1 saturated heterocycles. The first-order chi connectivity index (χ1) is 18.5. The second-order valence-electron chi connectivity index (χ2n) is 9.15. The van der Waals surface area contributed by atoms with E-state index in [1.807, 2.05) is 65.6 Å². The Morgan fingerprint density at radius 3 is 2.16 bits per heavy atom. The van der Waals surface area contributed by atoms with Crippen LogP contribution in [0, 0.1) is 0 Å². The number of rotatable bonds is 10. The number of carbonyl (C=O) groups is 2. The standard InChI is InChI=1S/C30H34ClN3O4/c1-3-19-37-25-12-7-23(8-13-25)30(36)34-17-15-33(16-18-34)28-14-9-24(20-27(28)31)32-29(35)21-38-26-10-5-22(4-2)6-11-26/h5-14,20H,3-4,15-19,21H2,1-2H3,(H,32,35). The summed E-state index contributed by atoms with van der Waals surface area (Å²) < 4.78 is 11.2. The van der Waals surface area contributed by atoms with Gasteiger partial charge in [-0.25, -0.2) is 0 Å². The molecule has 8 heteroatoms. The first-order valence-electron chi connectivity index (χ1n) is 13.0. The summed E-state index contributed by atoms with van der Waals surface area (Å²) in [5.74, 6) is 1.18. The van der Waals surface area contributed by atoms with Crippen molar-refractivity contribution in [2.45, 2.75) is 26.7 Å². The van der Waals surface area contributed by atoms with Crippen LogP contribution >= 0.6 is 11.6 Å². The van der Waals surface area contributed by atoms with Crippen LogP contribution in [0.5, 0.6) is 11.5 Å². The lowest BCUT2D eigenvalue weighted by Gasteiger charge is -2.36. The highest BCUT2D eigenvalue weighted by atomic mass is 35.5. The van der Waals surface area contributed by atoms with Gasteiger partial charge in [0, 0.05) is 37.4 Å². The predicted octanol–water partition coefficient (Wildman–Crippen LogP) is 5.67. The molecule has 4 rings (SSSR count). The van der Waals surface area contributed by atoms with Gasteiger partial charge in [0.25, 0.3) is 11.8 Å². The quantitative estimate of drug-likeness (QED) is 0.362. The lowest BCUT2D eigenvalue weighted by atomic mass is 10.1. The van der Waals surface area contributed by atoms with E-state index in [2.05, 4.69) is 24.1 Å². The second kappa shape index (κ2) is 13.2.